The molecule has 1 amide bonds. The number of amides is 1. The summed E-state index contributed by atoms with van der Waals surface area (Å²) < 4.78 is 36.1. The van der Waals surface area contributed by atoms with E-state index >= 15 is 0 Å². The van der Waals surface area contributed by atoms with Gasteiger partial charge in [0.1, 0.15) is 17.3 Å². The molecule has 2 aliphatic rings. The Balaban J connectivity index is 1.55. The monoisotopic (exact) mass is 494 g/mol. The van der Waals surface area contributed by atoms with E-state index in [0.717, 1.165) is 16.8 Å². The number of carbonyl (C=O) groups is 1. The molecule has 35 heavy (non-hydrogen) atoms. The van der Waals surface area contributed by atoms with Gasteiger partial charge >= 0.3 is 0 Å². The highest BCUT2D eigenvalue weighted by Crippen LogP contribution is 2.42. The fourth-order valence-corrected chi connectivity index (χ4v) is 5.88. The van der Waals surface area contributed by atoms with Crippen molar-refractivity contribution in [3.05, 3.63) is 59.3 Å². The number of likely N-dealkylation sites (N-methyl/N-ethyl adjacent to an activating group) is 1. The maximum atomic E-state index is 12.5. The first kappa shape index (κ1) is 23.1. The number of fused-ring (bicyclic) bond motifs is 2. The van der Waals surface area contributed by atoms with Gasteiger partial charge in [-0.3, -0.25) is 4.79 Å². The largest absolute Gasteiger partial charge is 0.497 e. The Morgan fingerprint density at radius 3 is 2.54 bits per heavy atom. The summed E-state index contributed by atoms with van der Waals surface area (Å²) in [6, 6.07) is 13.1. The van der Waals surface area contributed by atoms with Gasteiger partial charge in [-0.1, -0.05) is 6.07 Å². The number of sulfone groups is 1. The van der Waals surface area contributed by atoms with Gasteiger partial charge in [-0.15, -0.1) is 0 Å². The predicted molar refractivity (Wildman–Crippen MR) is 132 cm³/mol. The van der Waals surface area contributed by atoms with Crippen LogP contribution in [-0.2, 0) is 32.6 Å². The zero-order valence-electron chi connectivity index (χ0n) is 19.8. The minimum absolute atomic E-state index is 0.0494. The SMILES string of the molecule is COc1ccc(-c2nc3c(c(N4CCc5c(OCC(=O)N(C)C)cccc54)n2)CS(=O)(=O)C3)cc1. The molecule has 3 heterocycles. The summed E-state index contributed by atoms with van der Waals surface area (Å²) in [6.07, 6.45) is 0.686. The Bertz CT molecular complexity index is 1400. The highest BCUT2D eigenvalue weighted by Gasteiger charge is 2.35. The third-order valence-electron chi connectivity index (χ3n) is 6.23. The van der Waals surface area contributed by atoms with E-state index in [9.17, 15) is 13.2 Å². The van der Waals surface area contributed by atoms with E-state index in [1.807, 2.05) is 47.4 Å². The fourth-order valence-electron chi connectivity index (χ4n) is 4.38. The van der Waals surface area contributed by atoms with Crippen LogP contribution in [0.5, 0.6) is 11.5 Å². The van der Waals surface area contributed by atoms with Crippen molar-refractivity contribution in [3.8, 4) is 22.9 Å². The lowest BCUT2D eigenvalue weighted by Crippen LogP contribution is -2.27. The van der Waals surface area contributed by atoms with Gasteiger partial charge in [-0.25, -0.2) is 18.4 Å². The van der Waals surface area contributed by atoms with Crippen molar-refractivity contribution in [1.82, 2.24) is 14.9 Å². The van der Waals surface area contributed by atoms with Gasteiger partial charge in [0.15, 0.2) is 22.3 Å². The minimum atomic E-state index is -3.29. The molecule has 0 radical (unpaired) electrons. The highest BCUT2D eigenvalue weighted by molar-refractivity contribution is 7.90. The first-order valence-corrected chi connectivity index (χ1v) is 13.0. The van der Waals surface area contributed by atoms with Crippen LogP contribution in [0, 0.1) is 0 Å². The van der Waals surface area contributed by atoms with Crippen LogP contribution in [-0.4, -0.2) is 63.5 Å². The zero-order chi connectivity index (χ0) is 24.7. The van der Waals surface area contributed by atoms with E-state index in [4.69, 9.17) is 14.5 Å². The molecular formula is C25H26N4O5S. The molecule has 0 atom stereocenters. The summed E-state index contributed by atoms with van der Waals surface area (Å²) in [5.74, 6) is 2.12. The molecular weight excluding hydrogens is 468 g/mol. The van der Waals surface area contributed by atoms with E-state index in [1.54, 1.807) is 21.2 Å². The Labute approximate surface area is 204 Å². The quantitative estimate of drug-likeness (QED) is 0.516. The van der Waals surface area contributed by atoms with Crippen LogP contribution in [0.3, 0.4) is 0 Å². The lowest BCUT2D eigenvalue weighted by Gasteiger charge is -2.22. The third kappa shape index (κ3) is 4.41. The van der Waals surface area contributed by atoms with Crippen molar-refractivity contribution in [3.63, 3.8) is 0 Å². The summed E-state index contributed by atoms with van der Waals surface area (Å²) in [5, 5.41) is 0. The average Bonchev–Trinajstić information content (AvgIpc) is 3.41. The van der Waals surface area contributed by atoms with Crippen molar-refractivity contribution in [2.75, 3.05) is 39.3 Å². The molecule has 0 spiro atoms. The van der Waals surface area contributed by atoms with Crippen LogP contribution in [0.25, 0.3) is 11.4 Å². The minimum Gasteiger partial charge on any atom is -0.497 e. The Hall–Kier alpha value is -3.66. The Kier molecular flexibility index (Phi) is 5.84. The lowest BCUT2D eigenvalue weighted by molar-refractivity contribution is -0.130. The van der Waals surface area contributed by atoms with Crippen LogP contribution >= 0.6 is 0 Å². The number of carbonyl (C=O) groups excluding carboxylic acids is 1. The van der Waals surface area contributed by atoms with Crippen molar-refractivity contribution in [2.45, 2.75) is 17.9 Å². The first-order chi connectivity index (χ1) is 16.8. The summed E-state index contributed by atoms with van der Waals surface area (Å²) in [4.78, 5) is 25.0. The van der Waals surface area contributed by atoms with E-state index in [-0.39, 0.29) is 24.0 Å². The number of aromatic nitrogens is 2. The molecule has 3 aromatic rings. The maximum Gasteiger partial charge on any atom is 0.259 e. The molecule has 182 valence electrons. The van der Waals surface area contributed by atoms with E-state index < -0.39 is 9.84 Å². The zero-order valence-corrected chi connectivity index (χ0v) is 20.6. The number of benzene rings is 2. The van der Waals surface area contributed by atoms with Crippen LogP contribution in [0.2, 0.25) is 0 Å². The molecule has 0 N–H and O–H groups in total. The standard InChI is InChI=1S/C25H26N4O5S/c1-28(2)23(30)13-34-22-6-4-5-21-18(22)11-12-29(21)25-19-14-35(31,32)15-20(19)26-24(27-25)16-7-9-17(33-3)10-8-16/h4-10H,11-15H2,1-3H3. The smallest absolute Gasteiger partial charge is 0.259 e. The normalized spacial score (nSPS) is 15.5. The Morgan fingerprint density at radius 1 is 1.06 bits per heavy atom. The molecule has 0 unspecified atom stereocenters. The highest BCUT2D eigenvalue weighted by atomic mass is 32.2. The van der Waals surface area contributed by atoms with Crippen molar-refractivity contribution < 1.29 is 22.7 Å². The van der Waals surface area contributed by atoms with Crippen molar-refractivity contribution in [2.24, 2.45) is 0 Å². The van der Waals surface area contributed by atoms with Crippen molar-refractivity contribution in [1.29, 1.82) is 0 Å². The van der Waals surface area contributed by atoms with Gasteiger partial charge in [0.2, 0.25) is 0 Å². The molecule has 0 bridgehead atoms. The van der Waals surface area contributed by atoms with Gasteiger partial charge in [-0.05, 0) is 42.8 Å². The van der Waals surface area contributed by atoms with Gasteiger partial charge in [0.05, 0.1) is 24.3 Å². The van der Waals surface area contributed by atoms with E-state index in [1.165, 1.54) is 4.90 Å². The number of methoxy groups -OCH3 is 1. The third-order valence-corrected chi connectivity index (χ3v) is 7.67. The number of hydrogen-bond donors (Lipinski definition) is 0. The number of hydrogen-bond acceptors (Lipinski definition) is 8. The fraction of sp³-hybridized carbons (Fsp3) is 0.320. The molecule has 1 aromatic heterocycles. The molecule has 0 aliphatic carbocycles. The second-order valence-corrected chi connectivity index (χ2v) is 10.9. The van der Waals surface area contributed by atoms with Crippen LogP contribution in [0.1, 0.15) is 16.8 Å². The lowest BCUT2D eigenvalue weighted by atomic mass is 10.1. The van der Waals surface area contributed by atoms with Crippen LogP contribution in [0.4, 0.5) is 11.5 Å². The number of nitrogens with zero attached hydrogens (tertiary/aromatic N) is 4. The summed E-state index contributed by atoms with van der Waals surface area (Å²) in [5.41, 5.74) is 3.82. The second kappa shape index (κ2) is 8.84. The second-order valence-electron chi connectivity index (χ2n) is 8.79. The molecule has 5 rings (SSSR count). The summed E-state index contributed by atoms with van der Waals surface area (Å²) in [6.45, 7) is 0.565. The molecule has 2 aromatic carbocycles. The predicted octanol–water partition coefficient (Wildman–Crippen LogP) is 2.74. The summed E-state index contributed by atoms with van der Waals surface area (Å²) in [7, 11) is 1.68. The number of anilines is 2. The maximum absolute atomic E-state index is 12.5. The molecule has 0 saturated carbocycles. The number of ether oxygens (including phenoxy) is 2. The van der Waals surface area contributed by atoms with Gasteiger partial charge < -0.3 is 19.3 Å². The molecule has 0 fully saturated rings. The van der Waals surface area contributed by atoms with Gasteiger partial charge in [-0.2, -0.15) is 0 Å². The topological polar surface area (TPSA) is 102 Å². The van der Waals surface area contributed by atoms with Crippen LogP contribution in [0.15, 0.2) is 42.5 Å². The van der Waals surface area contributed by atoms with E-state index in [2.05, 4.69) is 4.98 Å². The van der Waals surface area contributed by atoms with E-state index in [0.29, 0.717) is 47.4 Å². The average molecular weight is 495 g/mol. The number of rotatable bonds is 6. The molecule has 10 heteroatoms. The van der Waals surface area contributed by atoms with Crippen LogP contribution < -0.4 is 14.4 Å². The molecule has 2 aliphatic heterocycles. The van der Waals surface area contributed by atoms with Gasteiger partial charge in [0.25, 0.3) is 5.91 Å². The first-order valence-electron chi connectivity index (χ1n) is 11.2. The van der Waals surface area contributed by atoms with Gasteiger partial charge in [0, 0.05) is 43.0 Å². The molecule has 9 nitrogen and oxygen atoms in total. The molecule has 0 saturated heterocycles. The van der Waals surface area contributed by atoms with Crippen molar-refractivity contribution >= 4 is 27.2 Å². The Morgan fingerprint density at radius 2 is 1.83 bits per heavy atom. The summed E-state index contributed by atoms with van der Waals surface area (Å²) >= 11 is 0.